The Morgan fingerprint density at radius 3 is 2.57 bits per heavy atom. The molecule has 0 aromatic carbocycles. The summed E-state index contributed by atoms with van der Waals surface area (Å²) in [6.07, 6.45) is 1.95. The van der Waals surface area contributed by atoms with Crippen molar-refractivity contribution in [2.24, 2.45) is 0 Å². The van der Waals surface area contributed by atoms with Crippen LogP contribution in [0, 0.1) is 0 Å². The zero-order valence-corrected chi connectivity index (χ0v) is 5.69. The smallest absolute Gasteiger partial charge is 0.0726 e. The van der Waals surface area contributed by atoms with E-state index in [0.717, 1.165) is 11.8 Å². The van der Waals surface area contributed by atoms with Gasteiger partial charge in [-0.1, -0.05) is 22.0 Å². The average molecular weight is 165 g/mol. The highest BCUT2D eigenvalue weighted by Crippen LogP contribution is 1.94. The minimum absolute atomic E-state index is 0.334. The lowest BCUT2D eigenvalue weighted by molar-refractivity contribution is 0.221. The van der Waals surface area contributed by atoms with Gasteiger partial charge < -0.3 is 5.11 Å². The molecule has 0 aliphatic carbocycles. The van der Waals surface area contributed by atoms with Gasteiger partial charge in [-0.2, -0.15) is 0 Å². The number of aliphatic hydroxyl groups excluding tert-OH is 1. The van der Waals surface area contributed by atoms with Gasteiger partial charge in [-0.05, 0) is 6.42 Å². The third-order valence-corrected chi connectivity index (χ3v) is 1.13. The molecule has 0 rings (SSSR count). The van der Waals surface area contributed by atoms with Gasteiger partial charge in [-0.15, -0.1) is 6.58 Å². The molecular weight excluding hydrogens is 156 g/mol. The number of hydrogen-bond acceptors (Lipinski definition) is 1. The van der Waals surface area contributed by atoms with Crippen LogP contribution < -0.4 is 0 Å². The van der Waals surface area contributed by atoms with Crippen molar-refractivity contribution in [3.63, 3.8) is 0 Å². The van der Waals surface area contributed by atoms with Gasteiger partial charge >= 0.3 is 0 Å². The summed E-state index contributed by atoms with van der Waals surface area (Å²) in [5.74, 6) is 0. The monoisotopic (exact) mass is 164 g/mol. The van der Waals surface area contributed by atoms with Gasteiger partial charge in [0.1, 0.15) is 0 Å². The van der Waals surface area contributed by atoms with Crippen molar-refractivity contribution in [2.45, 2.75) is 12.5 Å². The maximum atomic E-state index is 8.71. The molecule has 1 atom stereocenters. The molecule has 0 saturated heterocycles. The van der Waals surface area contributed by atoms with Gasteiger partial charge in [-0.25, -0.2) is 0 Å². The molecule has 0 aromatic heterocycles. The first-order valence-corrected chi connectivity index (χ1v) is 3.30. The number of hydrogen-bond donors (Lipinski definition) is 1. The SMILES string of the molecule is C=C[C@H](O)CCBr. The van der Waals surface area contributed by atoms with E-state index >= 15 is 0 Å². The minimum Gasteiger partial charge on any atom is -0.389 e. The zero-order valence-electron chi connectivity index (χ0n) is 4.10. The quantitative estimate of drug-likeness (QED) is 0.493. The van der Waals surface area contributed by atoms with E-state index in [4.69, 9.17) is 5.11 Å². The standard InChI is InChI=1S/C5H9BrO/c1-2-5(7)3-4-6/h2,5,7H,1,3-4H2/t5-/m0/s1. The lowest BCUT2D eigenvalue weighted by Crippen LogP contribution is -2.00. The van der Waals surface area contributed by atoms with Crippen LogP contribution in [0.1, 0.15) is 6.42 Å². The second kappa shape index (κ2) is 4.34. The summed E-state index contributed by atoms with van der Waals surface area (Å²) in [4.78, 5) is 0. The molecule has 1 nitrogen and oxygen atoms in total. The summed E-state index contributed by atoms with van der Waals surface area (Å²) in [7, 11) is 0. The van der Waals surface area contributed by atoms with Crippen LogP contribution in [-0.2, 0) is 0 Å². The normalized spacial score (nSPS) is 13.4. The number of rotatable bonds is 3. The Labute approximate surface area is 52.2 Å². The molecule has 0 radical (unpaired) electrons. The number of alkyl halides is 1. The van der Waals surface area contributed by atoms with Crippen LogP contribution in [0.25, 0.3) is 0 Å². The van der Waals surface area contributed by atoms with E-state index in [0.29, 0.717) is 0 Å². The summed E-state index contributed by atoms with van der Waals surface area (Å²) in [6.45, 7) is 3.41. The third-order valence-electron chi connectivity index (χ3n) is 0.677. The van der Waals surface area contributed by atoms with Gasteiger partial charge in [0.2, 0.25) is 0 Å². The van der Waals surface area contributed by atoms with E-state index in [9.17, 15) is 0 Å². The molecule has 0 unspecified atom stereocenters. The van der Waals surface area contributed by atoms with E-state index in [-0.39, 0.29) is 6.10 Å². The van der Waals surface area contributed by atoms with Crippen molar-refractivity contribution in [1.29, 1.82) is 0 Å². The molecule has 1 N–H and O–H groups in total. The number of halogens is 1. The summed E-state index contributed by atoms with van der Waals surface area (Å²) >= 11 is 3.18. The Kier molecular flexibility index (Phi) is 4.45. The molecule has 0 heterocycles. The Morgan fingerprint density at radius 1 is 1.86 bits per heavy atom. The molecule has 0 aliphatic rings. The van der Waals surface area contributed by atoms with Crippen LogP contribution >= 0.6 is 15.9 Å². The first-order chi connectivity index (χ1) is 3.31. The molecule has 2 heteroatoms. The molecular formula is C5H9BrO. The largest absolute Gasteiger partial charge is 0.389 e. The predicted molar refractivity (Wildman–Crippen MR) is 34.6 cm³/mol. The maximum Gasteiger partial charge on any atom is 0.0726 e. The van der Waals surface area contributed by atoms with E-state index in [1.807, 2.05) is 0 Å². The molecule has 0 fully saturated rings. The van der Waals surface area contributed by atoms with Crippen LogP contribution in [0.3, 0.4) is 0 Å². The van der Waals surface area contributed by atoms with Crippen molar-refractivity contribution in [2.75, 3.05) is 5.33 Å². The van der Waals surface area contributed by atoms with Gasteiger partial charge in [0, 0.05) is 5.33 Å². The lowest BCUT2D eigenvalue weighted by atomic mass is 10.3. The van der Waals surface area contributed by atoms with E-state index < -0.39 is 0 Å². The van der Waals surface area contributed by atoms with Gasteiger partial charge in [-0.3, -0.25) is 0 Å². The summed E-state index contributed by atoms with van der Waals surface area (Å²) < 4.78 is 0. The van der Waals surface area contributed by atoms with E-state index in [1.54, 1.807) is 0 Å². The van der Waals surface area contributed by atoms with Gasteiger partial charge in [0.25, 0.3) is 0 Å². The van der Waals surface area contributed by atoms with Crippen molar-refractivity contribution < 1.29 is 5.11 Å². The highest BCUT2D eigenvalue weighted by Gasteiger charge is 1.91. The van der Waals surface area contributed by atoms with Crippen LogP contribution in [0.4, 0.5) is 0 Å². The summed E-state index contributed by atoms with van der Waals surface area (Å²) in [6, 6.07) is 0. The first kappa shape index (κ1) is 7.18. The second-order valence-electron chi connectivity index (χ2n) is 1.28. The van der Waals surface area contributed by atoms with Gasteiger partial charge in [0.05, 0.1) is 6.10 Å². The highest BCUT2D eigenvalue weighted by atomic mass is 79.9. The minimum atomic E-state index is -0.334. The first-order valence-electron chi connectivity index (χ1n) is 2.18. The van der Waals surface area contributed by atoms with Crippen LogP contribution in [-0.4, -0.2) is 16.5 Å². The highest BCUT2D eigenvalue weighted by molar-refractivity contribution is 9.09. The average Bonchev–Trinajstić information content (AvgIpc) is 1.68. The fraction of sp³-hybridized carbons (Fsp3) is 0.600. The number of aliphatic hydroxyl groups is 1. The Hall–Kier alpha value is 0.180. The van der Waals surface area contributed by atoms with Crippen LogP contribution in [0.2, 0.25) is 0 Å². The van der Waals surface area contributed by atoms with Crippen molar-refractivity contribution in [3.05, 3.63) is 12.7 Å². The molecule has 7 heavy (non-hydrogen) atoms. The van der Waals surface area contributed by atoms with Gasteiger partial charge in [0.15, 0.2) is 0 Å². The fourth-order valence-electron chi connectivity index (χ4n) is 0.230. The van der Waals surface area contributed by atoms with E-state index in [1.165, 1.54) is 6.08 Å². The zero-order chi connectivity index (χ0) is 5.70. The summed E-state index contributed by atoms with van der Waals surface area (Å²) in [5, 5.41) is 9.54. The molecule has 42 valence electrons. The van der Waals surface area contributed by atoms with Crippen molar-refractivity contribution in [1.82, 2.24) is 0 Å². The molecule has 0 spiro atoms. The molecule has 0 aliphatic heterocycles. The van der Waals surface area contributed by atoms with Crippen LogP contribution in [0.5, 0.6) is 0 Å². The molecule has 0 amide bonds. The third kappa shape index (κ3) is 4.02. The van der Waals surface area contributed by atoms with Crippen molar-refractivity contribution in [3.8, 4) is 0 Å². The van der Waals surface area contributed by atoms with Crippen molar-refractivity contribution >= 4 is 15.9 Å². The predicted octanol–water partition coefficient (Wildman–Crippen LogP) is 1.32. The molecule has 0 aromatic rings. The molecule has 0 saturated carbocycles. The van der Waals surface area contributed by atoms with Crippen LogP contribution in [0.15, 0.2) is 12.7 Å². The summed E-state index contributed by atoms with van der Waals surface area (Å²) in [5.41, 5.74) is 0. The maximum absolute atomic E-state index is 8.71. The second-order valence-corrected chi connectivity index (χ2v) is 2.07. The topological polar surface area (TPSA) is 20.2 Å². The lowest BCUT2D eigenvalue weighted by Gasteiger charge is -1.97. The fourth-order valence-corrected chi connectivity index (χ4v) is 0.699. The Morgan fingerprint density at radius 2 is 2.43 bits per heavy atom. The Bertz CT molecular complexity index is 54.0. The Balaban J connectivity index is 2.98. The molecule has 0 bridgehead atoms. The van der Waals surface area contributed by atoms with E-state index in [2.05, 4.69) is 22.5 Å².